The number of nitrogens with zero attached hydrogens (tertiary/aromatic N) is 5. The molecule has 32 heavy (non-hydrogen) atoms. The third kappa shape index (κ3) is 4.03. The minimum Gasteiger partial charge on any atom is -0.326 e. The lowest BCUT2D eigenvalue weighted by Crippen LogP contribution is -2.18. The first-order valence-electron chi connectivity index (χ1n) is 11.0. The molecule has 4 aromatic rings. The molecule has 1 aliphatic rings. The number of nitrogens with one attached hydrogen (secondary N) is 1. The van der Waals surface area contributed by atoms with Gasteiger partial charge in [0.1, 0.15) is 5.82 Å². The molecule has 0 atom stereocenters. The van der Waals surface area contributed by atoms with Crippen molar-refractivity contribution >= 4 is 22.5 Å². The van der Waals surface area contributed by atoms with Gasteiger partial charge in [-0.15, -0.1) is 10.2 Å². The second kappa shape index (κ2) is 8.74. The van der Waals surface area contributed by atoms with Crippen molar-refractivity contribution < 1.29 is 4.79 Å². The number of carbonyl (C=O) groups excluding carboxylic acids is 1. The van der Waals surface area contributed by atoms with E-state index in [-0.39, 0.29) is 17.8 Å². The molecule has 2 aromatic carbocycles. The minimum atomic E-state index is -0.119. The third-order valence-electron chi connectivity index (χ3n) is 5.85. The van der Waals surface area contributed by atoms with Gasteiger partial charge in [0.25, 0.3) is 0 Å². The summed E-state index contributed by atoms with van der Waals surface area (Å²) >= 11 is 0. The average Bonchev–Trinajstić information content (AvgIpc) is 3.07. The van der Waals surface area contributed by atoms with Crippen LogP contribution in [0.25, 0.3) is 22.3 Å². The Morgan fingerprint density at radius 3 is 2.72 bits per heavy atom. The second-order valence-electron chi connectivity index (χ2n) is 8.03. The molecule has 1 aliphatic heterocycles. The lowest BCUT2D eigenvalue weighted by Gasteiger charge is -2.10. The number of aryl methyl sites for hydroxylation is 2. The third-order valence-corrected chi connectivity index (χ3v) is 5.85. The van der Waals surface area contributed by atoms with Crippen LogP contribution in [0.15, 0.2) is 59.5 Å². The summed E-state index contributed by atoms with van der Waals surface area (Å²) in [5.74, 6) is 1.83. The first-order valence-corrected chi connectivity index (χ1v) is 11.0. The van der Waals surface area contributed by atoms with E-state index in [0.717, 1.165) is 54.2 Å². The molecule has 162 valence electrons. The number of carbonyl (C=O) groups is 1. The van der Waals surface area contributed by atoms with Gasteiger partial charge < -0.3 is 9.88 Å². The maximum absolute atomic E-state index is 12.5. The van der Waals surface area contributed by atoms with E-state index in [4.69, 9.17) is 0 Å². The molecule has 5 rings (SSSR count). The van der Waals surface area contributed by atoms with Crippen molar-refractivity contribution in [3.63, 3.8) is 0 Å². The minimum absolute atomic E-state index is 0.112. The van der Waals surface area contributed by atoms with Crippen LogP contribution in [0, 0.1) is 0 Å². The SMILES string of the molecule is O=C(CCn1ncc(=O)c2ccccc21)Nc1ccc(-c2nnc3n2CCCCC3)cc1. The predicted molar refractivity (Wildman–Crippen MR) is 122 cm³/mol. The summed E-state index contributed by atoms with van der Waals surface area (Å²) in [5, 5.41) is 16.5. The van der Waals surface area contributed by atoms with Crippen LogP contribution >= 0.6 is 0 Å². The van der Waals surface area contributed by atoms with E-state index in [2.05, 4.69) is 25.2 Å². The molecule has 0 saturated heterocycles. The average molecular weight is 428 g/mol. The van der Waals surface area contributed by atoms with E-state index < -0.39 is 0 Å². The van der Waals surface area contributed by atoms with Gasteiger partial charge in [0.05, 0.1) is 18.3 Å². The van der Waals surface area contributed by atoms with E-state index in [1.165, 1.54) is 12.6 Å². The summed E-state index contributed by atoms with van der Waals surface area (Å²) in [4.78, 5) is 24.4. The number of fused-ring (bicyclic) bond motifs is 2. The number of benzene rings is 2. The van der Waals surface area contributed by atoms with Crippen LogP contribution in [-0.4, -0.2) is 30.5 Å². The topological polar surface area (TPSA) is 94.7 Å². The number of para-hydroxylation sites is 1. The van der Waals surface area contributed by atoms with Gasteiger partial charge >= 0.3 is 0 Å². The summed E-state index contributed by atoms with van der Waals surface area (Å²) < 4.78 is 3.90. The molecule has 0 bridgehead atoms. The molecule has 1 amide bonds. The summed E-state index contributed by atoms with van der Waals surface area (Å²) in [5.41, 5.74) is 2.33. The maximum Gasteiger partial charge on any atom is 0.226 e. The van der Waals surface area contributed by atoms with Gasteiger partial charge in [0.15, 0.2) is 5.82 Å². The van der Waals surface area contributed by atoms with Crippen molar-refractivity contribution in [2.24, 2.45) is 0 Å². The first-order chi connectivity index (χ1) is 15.7. The molecule has 2 aromatic heterocycles. The fourth-order valence-electron chi connectivity index (χ4n) is 4.17. The summed E-state index contributed by atoms with van der Waals surface area (Å²) in [7, 11) is 0. The second-order valence-corrected chi connectivity index (χ2v) is 8.03. The summed E-state index contributed by atoms with van der Waals surface area (Å²) in [6, 6.07) is 15.0. The number of anilines is 1. The van der Waals surface area contributed by atoms with E-state index in [1.807, 2.05) is 42.5 Å². The highest BCUT2D eigenvalue weighted by molar-refractivity contribution is 5.91. The van der Waals surface area contributed by atoms with Gasteiger partial charge in [-0.3, -0.25) is 14.3 Å². The molecule has 0 unspecified atom stereocenters. The first kappa shape index (κ1) is 20.1. The van der Waals surface area contributed by atoms with E-state index in [1.54, 1.807) is 10.7 Å². The van der Waals surface area contributed by atoms with Crippen LogP contribution in [0.3, 0.4) is 0 Å². The Balaban J connectivity index is 1.25. The molecule has 0 aliphatic carbocycles. The molecule has 3 heterocycles. The lowest BCUT2D eigenvalue weighted by atomic mass is 10.2. The van der Waals surface area contributed by atoms with Crippen LogP contribution in [0.4, 0.5) is 5.69 Å². The van der Waals surface area contributed by atoms with E-state index in [0.29, 0.717) is 11.9 Å². The van der Waals surface area contributed by atoms with Crippen molar-refractivity contribution in [2.75, 3.05) is 5.32 Å². The Labute approximate surface area is 184 Å². The predicted octanol–water partition coefficient (Wildman–Crippen LogP) is 3.41. The maximum atomic E-state index is 12.5. The van der Waals surface area contributed by atoms with Crippen LogP contribution in [0.5, 0.6) is 0 Å². The van der Waals surface area contributed by atoms with Crippen molar-refractivity contribution in [1.82, 2.24) is 24.5 Å². The van der Waals surface area contributed by atoms with Crippen LogP contribution in [0.2, 0.25) is 0 Å². The van der Waals surface area contributed by atoms with Crippen molar-refractivity contribution in [1.29, 1.82) is 0 Å². The van der Waals surface area contributed by atoms with Crippen molar-refractivity contribution in [2.45, 2.75) is 45.2 Å². The highest BCUT2D eigenvalue weighted by Gasteiger charge is 2.16. The van der Waals surface area contributed by atoms with E-state index >= 15 is 0 Å². The van der Waals surface area contributed by atoms with E-state index in [9.17, 15) is 9.59 Å². The van der Waals surface area contributed by atoms with Gasteiger partial charge in [-0.2, -0.15) is 5.10 Å². The molecular formula is C24H24N6O2. The Bertz CT molecular complexity index is 1320. The lowest BCUT2D eigenvalue weighted by molar-refractivity contribution is -0.116. The molecular weight excluding hydrogens is 404 g/mol. The Morgan fingerprint density at radius 2 is 1.84 bits per heavy atom. The smallest absolute Gasteiger partial charge is 0.226 e. The van der Waals surface area contributed by atoms with Gasteiger partial charge in [-0.05, 0) is 49.2 Å². The summed E-state index contributed by atoms with van der Waals surface area (Å²) in [6.45, 7) is 1.33. The fourth-order valence-corrected chi connectivity index (χ4v) is 4.17. The zero-order valence-electron chi connectivity index (χ0n) is 17.7. The number of rotatable bonds is 5. The van der Waals surface area contributed by atoms with Gasteiger partial charge in [0.2, 0.25) is 11.3 Å². The van der Waals surface area contributed by atoms with Crippen molar-refractivity contribution in [3.8, 4) is 11.4 Å². The monoisotopic (exact) mass is 428 g/mol. The van der Waals surface area contributed by atoms with Gasteiger partial charge in [0, 0.05) is 36.0 Å². The normalized spacial score (nSPS) is 13.5. The quantitative estimate of drug-likeness (QED) is 0.526. The molecule has 8 heteroatoms. The van der Waals surface area contributed by atoms with Gasteiger partial charge in [-0.25, -0.2) is 0 Å². The molecule has 0 fully saturated rings. The summed E-state index contributed by atoms with van der Waals surface area (Å²) in [6.07, 6.45) is 6.04. The number of amides is 1. The molecule has 0 spiro atoms. The van der Waals surface area contributed by atoms with Crippen LogP contribution in [0.1, 0.15) is 31.5 Å². The largest absolute Gasteiger partial charge is 0.326 e. The highest BCUT2D eigenvalue weighted by atomic mass is 16.1. The fraction of sp³-hybridized carbons (Fsp3) is 0.292. The highest BCUT2D eigenvalue weighted by Crippen LogP contribution is 2.24. The van der Waals surface area contributed by atoms with Gasteiger partial charge in [-0.1, -0.05) is 18.6 Å². The zero-order valence-corrected chi connectivity index (χ0v) is 17.7. The Hall–Kier alpha value is -3.81. The van der Waals surface area contributed by atoms with Crippen LogP contribution in [-0.2, 0) is 24.3 Å². The Morgan fingerprint density at radius 1 is 1.00 bits per heavy atom. The number of hydrogen-bond acceptors (Lipinski definition) is 5. The zero-order chi connectivity index (χ0) is 21.9. The number of aromatic nitrogens is 5. The van der Waals surface area contributed by atoms with Crippen molar-refractivity contribution in [3.05, 3.63) is 70.8 Å². The molecule has 0 saturated carbocycles. The standard InChI is InChI=1S/C24H24N6O2/c31-21-16-25-30(20-7-4-3-6-19(20)21)15-13-23(32)26-18-11-9-17(10-12-18)24-28-27-22-8-2-1-5-14-29(22)24/h3-4,6-7,9-12,16H,1-2,5,8,13-15H2,(H,26,32). The molecule has 0 radical (unpaired) electrons. The molecule has 1 N–H and O–H groups in total. The number of hydrogen-bond donors (Lipinski definition) is 1. The molecule has 8 nitrogen and oxygen atoms in total. The Kier molecular flexibility index (Phi) is 5.49. The van der Waals surface area contributed by atoms with Crippen LogP contribution < -0.4 is 10.7 Å².